The summed E-state index contributed by atoms with van der Waals surface area (Å²) in [5.41, 5.74) is 0.969. The molecule has 86 valence electrons. The van der Waals surface area contributed by atoms with E-state index >= 15 is 0 Å². The number of rotatable bonds is 5. The molecule has 1 unspecified atom stereocenters. The predicted molar refractivity (Wildman–Crippen MR) is 61.3 cm³/mol. The minimum Gasteiger partial charge on any atom is -0.395 e. The molecule has 0 saturated heterocycles. The Hall–Kier alpha value is -0.430. The van der Waals surface area contributed by atoms with Crippen LogP contribution in [-0.2, 0) is 16.6 Å². The third-order valence-electron chi connectivity index (χ3n) is 2.19. The second-order valence-electron chi connectivity index (χ2n) is 3.43. The maximum absolute atomic E-state index is 11.8. The third-order valence-corrected chi connectivity index (χ3v) is 5.08. The molecule has 1 atom stereocenters. The number of aliphatic hydroxyl groups is 1. The van der Waals surface area contributed by atoms with E-state index in [1.54, 1.807) is 0 Å². The fraction of sp³-hybridized carbons (Fsp3) is 0.556. The van der Waals surface area contributed by atoms with Gasteiger partial charge in [0.15, 0.2) is 0 Å². The van der Waals surface area contributed by atoms with E-state index in [1.165, 1.54) is 29.6 Å². The van der Waals surface area contributed by atoms with Crippen LogP contribution in [0.25, 0.3) is 0 Å². The minimum atomic E-state index is -3.38. The summed E-state index contributed by atoms with van der Waals surface area (Å²) in [6.07, 6.45) is 0. The van der Waals surface area contributed by atoms with Gasteiger partial charge in [-0.15, -0.1) is 0 Å². The van der Waals surface area contributed by atoms with Crippen LogP contribution in [0, 0.1) is 0 Å². The number of hydrogen-bond acceptors (Lipinski definition) is 4. The highest BCUT2D eigenvalue weighted by molar-refractivity contribution is 7.89. The van der Waals surface area contributed by atoms with Gasteiger partial charge in [0.05, 0.1) is 11.9 Å². The molecular formula is C9H15NO3S2. The van der Waals surface area contributed by atoms with Crippen molar-refractivity contribution in [2.75, 3.05) is 13.7 Å². The predicted octanol–water partition coefficient (Wildman–Crippen LogP) is 0.890. The zero-order chi connectivity index (χ0) is 11.5. The molecule has 0 spiro atoms. The molecule has 1 aromatic heterocycles. The Labute approximate surface area is 94.2 Å². The van der Waals surface area contributed by atoms with Crippen molar-refractivity contribution in [1.82, 2.24) is 4.31 Å². The standard InChI is InChI=1S/C9H15NO3S2/c1-8(6-11)15(12,13)10(2)5-9-3-4-14-7-9/h3-4,7-8,11H,5-6H2,1-2H3. The van der Waals surface area contributed by atoms with Crippen LogP contribution in [0.1, 0.15) is 12.5 Å². The quantitative estimate of drug-likeness (QED) is 0.843. The van der Waals surface area contributed by atoms with Crippen LogP contribution in [0.2, 0.25) is 0 Å². The maximum atomic E-state index is 11.8. The van der Waals surface area contributed by atoms with Gasteiger partial charge < -0.3 is 5.11 Å². The van der Waals surface area contributed by atoms with Gasteiger partial charge in [-0.1, -0.05) is 0 Å². The molecule has 0 aliphatic rings. The van der Waals surface area contributed by atoms with E-state index in [-0.39, 0.29) is 6.61 Å². The van der Waals surface area contributed by atoms with Crippen LogP contribution >= 0.6 is 11.3 Å². The second-order valence-corrected chi connectivity index (χ2v) is 6.66. The van der Waals surface area contributed by atoms with Crippen molar-refractivity contribution in [2.45, 2.75) is 18.7 Å². The molecule has 15 heavy (non-hydrogen) atoms. The highest BCUT2D eigenvalue weighted by atomic mass is 32.2. The third kappa shape index (κ3) is 3.01. The number of hydrogen-bond donors (Lipinski definition) is 1. The summed E-state index contributed by atoms with van der Waals surface area (Å²) in [6, 6.07) is 1.89. The first-order valence-corrected chi connectivity index (χ1v) is 7.00. The highest BCUT2D eigenvalue weighted by Crippen LogP contribution is 2.13. The van der Waals surface area contributed by atoms with Crippen LogP contribution in [-0.4, -0.2) is 36.7 Å². The minimum absolute atomic E-state index is 0.351. The van der Waals surface area contributed by atoms with Crippen LogP contribution in [0.4, 0.5) is 0 Å². The van der Waals surface area contributed by atoms with E-state index in [0.29, 0.717) is 6.54 Å². The molecule has 0 saturated carbocycles. The monoisotopic (exact) mass is 249 g/mol. The molecule has 0 fully saturated rings. The summed E-state index contributed by atoms with van der Waals surface area (Å²) in [7, 11) is -1.85. The Morgan fingerprint density at radius 2 is 2.27 bits per heavy atom. The molecule has 6 heteroatoms. The topological polar surface area (TPSA) is 57.6 Å². The van der Waals surface area contributed by atoms with E-state index in [1.807, 2.05) is 16.8 Å². The molecule has 0 bridgehead atoms. The van der Waals surface area contributed by atoms with Crippen molar-refractivity contribution in [2.24, 2.45) is 0 Å². The van der Waals surface area contributed by atoms with Gasteiger partial charge in [-0.3, -0.25) is 0 Å². The Bertz CT molecular complexity index is 385. The van der Waals surface area contributed by atoms with E-state index in [0.717, 1.165) is 5.56 Å². The molecule has 1 rings (SSSR count). The number of nitrogens with zero attached hydrogens (tertiary/aromatic N) is 1. The first-order chi connectivity index (χ1) is 6.98. The summed E-state index contributed by atoms with van der Waals surface area (Å²) in [6.45, 7) is 1.51. The molecule has 0 radical (unpaired) electrons. The summed E-state index contributed by atoms with van der Waals surface area (Å²) in [5.74, 6) is 0. The van der Waals surface area contributed by atoms with Crippen LogP contribution in [0.5, 0.6) is 0 Å². The van der Waals surface area contributed by atoms with Gasteiger partial charge >= 0.3 is 0 Å². The molecule has 0 aliphatic carbocycles. The fourth-order valence-electron chi connectivity index (χ4n) is 1.13. The van der Waals surface area contributed by atoms with Crippen molar-refractivity contribution >= 4 is 21.4 Å². The van der Waals surface area contributed by atoms with Crippen LogP contribution in [0.3, 0.4) is 0 Å². The molecular weight excluding hydrogens is 234 g/mol. The first kappa shape index (κ1) is 12.6. The van der Waals surface area contributed by atoms with Gasteiger partial charge in [-0.05, 0) is 29.3 Å². The van der Waals surface area contributed by atoms with Crippen LogP contribution < -0.4 is 0 Å². The molecule has 4 nitrogen and oxygen atoms in total. The van der Waals surface area contributed by atoms with Crippen LogP contribution in [0.15, 0.2) is 16.8 Å². The molecule has 0 aliphatic heterocycles. The lowest BCUT2D eigenvalue weighted by Gasteiger charge is -2.20. The SMILES string of the molecule is CC(CO)S(=O)(=O)N(C)Cc1ccsc1. The number of sulfonamides is 1. The molecule has 1 N–H and O–H groups in total. The first-order valence-electron chi connectivity index (χ1n) is 4.55. The van der Waals surface area contributed by atoms with Gasteiger partial charge in [0.25, 0.3) is 0 Å². The summed E-state index contributed by atoms with van der Waals surface area (Å²) < 4.78 is 24.8. The van der Waals surface area contributed by atoms with Crippen molar-refractivity contribution < 1.29 is 13.5 Å². The molecule has 1 aromatic rings. The summed E-state index contributed by atoms with van der Waals surface area (Å²) in [4.78, 5) is 0. The van der Waals surface area contributed by atoms with Crippen molar-refractivity contribution in [1.29, 1.82) is 0 Å². The smallest absolute Gasteiger partial charge is 0.219 e. The summed E-state index contributed by atoms with van der Waals surface area (Å²) >= 11 is 1.54. The van der Waals surface area contributed by atoms with E-state index in [4.69, 9.17) is 5.11 Å². The molecule has 0 aromatic carbocycles. The number of thiophene rings is 1. The van der Waals surface area contributed by atoms with Gasteiger partial charge in [-0.25, -0.2) is 12.7 Å². The van der Waals surface area contributed by atoms with Crippen molar-refractivity contribution in [3.63, 3.8) is 0 Å². The Morgan fingerprint density at radius 3 is 2.73 bits per heavy atom. The largest absolute Gasteiger partial charge is 0.395 e. The molecule has 1 heterocycles. The normalized spacial score (nSPS) is 14.4. The highest BCUT2D eigenvalue weighted by Gasteiger charge is 2.25. The van der Waals surface area contributed by atoms with E-state index in [9.17, 15) is 8.42 Å². The van der Waals surface area contributed by atoms with Gasteiger partial charge in [0.2, 0.25) is 10.0 Å². The van der Waals surface area contributed by atoms with E-state index < -0.39 is 15.3 Å². The fourth-order valence-corrected chi connectivity index (χ4v) is 2.92. The average molecular weight is 249 g/mol. The van der Waals surface area contributed by atoms with Gasteiger partial charge in [0.1, 0.15) is 0 Å². The lowest BCUT2D eigenvalue weighted by molar-refractivity contribution is 0.290. The van der Waals surface area contributed by atoms with Crippen molar-refractivity contribution in [3.05, 3.63) is 22.4 Å². The Morgan fingerprint density at radius 1 is 1.60 bits per heavy atom. The Balaban J connectivity index is 2.72. The van der Waals surface area contributed by atoms with Gasteiger partial charge in [0, 0.05) is 13.6 Å². The van der Waals surface area contributed by atoms with Crippen molar-refractivity contribution in [3.8, 4) is 0 Å². The number of aliphatic hydroxyl groups excluding tert-OH is 1. The lowest BCUT2D eigenvalue weighted by Crippen LogP contribution is -2.35. The zero-order valence-electron chi connectivity index (χ0n) is 8.75. The lowest BCUT2D eigenvalue weighted by atomic mass is 10.3. The zero-order valence-corrected chi connectivity index (χ0v) is 10.4. The maximum Gasteiger partial charge on any atom is 0.219 e. The van der Waals surface area contributed by atoms with Gasteiger partial charge in [-0.2, -0.15) is 11.3 Å². The van der Waals surface area contributed by atoms with E-state index in [2.05, 4.69) is 0 Å². The Kier molecular flexibility index (Phi) is 4.27. The summed E-state index contributed by atoms with van der Waals surface area (Å²) in [5, 5.41) is 11.9. The average Bonchev–Trinajstić information content (AvgIpc) is 2.68. The second kappa shape index (κ2) is 5.07. The molecule has 0 amide bonds.